The molecule has 0 radical (unpaired) electrons. The number of hydrogen-bond acceptors (Lipinski definition) is 6. The summed E-state index contributed by atoms with van der Waals surface area (Å²) < 4.78 is 13.7. The number of imidazole rings is 1. The van der Waals surface area contributed by atoms with Crippen LogP contribution in [0.2, 0.25) is 0 Å². The van der Waals surface area contributed by atoms with Crippen LogP contribution in [0.5, 0.6) is 11.5 Å². The molecule has 1 aliphatic rings. The van der Waals surface area contributed by atoms with Gasteiger partial charge in [0.05, 0.1) is 29.7 Å². The number of benzene rings is 2. The van der Waals surface area contributed by atoms with Crippen LogP contribution in [0.25, 0.3) is 11.0 Å². The van der Waals surface area contributed by atoms with E-state index in [4.69, 9.17) is 15.2 Å². The molecule has 0 spiro atoms. The molecule has 0 saturated carbocycles. The third kappa shape index (κ3) is 2.49. The van der Waals surface area contributed by atoms with E-state index in [1.54, 1.807) is 14.2 Å². The lowest BCUT2D eigenvalue weighted by atomic mass is 10.1. The number of rotatable bonds is 3. The number of fused-ring (bicyclic) bond motifs is 3. The number of para-hydroxylation sites is 2. The first kappa shape index (κ1) is 15.8. The quantitative estimate of drug-likeness (QED) is 0.703. The summed E-state index contributed by atoms with van der Waals surface area (Å²) in [7, 11) is 3.23. The molecular weight excluding hydrogens is 386 g/mol. The van der Waals surface area contributed by atoms with Gasteiger partial charge in [0.1, 0.15) is 11.5 Å². The van der Waals surface area contributed by atoms with Gasteiger partial charge in [-0.05, 0) is 34.1 Å². The molecule has 3 N–H and O–H groups in total. The van der Waals surface area contributed by atoms with E-state index in [0.717, 1.165) is 21.1 Å². The Morgan fingerprint density at radius 2 is 1.92 bits per heavy atom. The zero-order valence-electron chi connectivity index (χ0n) is 13.7. The summed E-state index contributed by atoms with van der Waals surface area (Å²) in [6.07, 6.45) is -0.402. The van der Waals surface area contributed by atoms with Crippen LogP contribution < -0.4 is 20.5 Å². The van der Waals surface area contributed by atoms with E-state index in [-0.39, 0.29) is 0 Å². The van der Waals surface area contributed by atoms with E-state index in [1.807, 2.05) is 41.0 Å². The monoisotopic (exact) mass is 401 g/mol. The van der Waals surface area contributed by atoms with Gasteiger partial charge in [-0.1, -0.05) is 12.1 Å². The van der Waals surface area contributed by atoms with Crippen LogP contribution in [0.4, 0.5) is 5.95 Å². The number of anilines is 1. The number of ether oxygens (including phenoxy) is 2. The Morgan fingerprint density at radius 3 is 2.68 bits per heavy atom. The van der Waals surface area contributed by atoms with Gasteiger partial charge in [0.2, 0.25) is 5.95 Å². The predicted molar refractivity (Wildman–Crippen MR) is 100 cm³/mol. The molecule has 0 bridgehead atoms. The Morgan fingerprint density at radius 1 is 1.16 bits per heavy atom. The largest absolute Gasteiger partial charge is 0.496 e. The minimum absolute atomic E-state index is 0.307. The molecule has 8 heteroatoms. The van der Waals surface area contributed by atoms with Crippen molar-refractivity contribution in [2.75, 3.05) is 19.5 Å². The van der Waals surface area contributed by atoms with Gasteiger partial charge in [0.15, 0.2) is 12.1 Å². The summed E-state index contributed by atoms with van der Waals surface area (Å²) in [6.45, 7) is 0. The number of aliphatic imine (C=N–C) groups is 1. The fourth-order valence-corrected chi connectivity index (χ4v) is 3.53. The maximum atomic E-state index is 5.99. The summed E-state index contributed by atoms with van der Waals surface area (Å²) >= 11 is 3.53. The van der Waals surface area contributed by atoms with Crippen molar-refractivity contribution >= 4 is 38.9 Å². The fourth-order valence-electron chi connectivity index (χ4n) is 3.01. The van der Waals surface area contributed by atoms with Crippen LogP contribution in [-0.2, 0) is 0 Å². The molecule has 1 unspecified atom stereocenters. The number of halogens is 1. The van der Waals surface area contributed by atoms with Gasteiger partial charge < -0.3 is 15.2 Å². The molecule has 1 aromatic heterocycles. The first-order valence-electron chi connectivity index (χ1n) is 7.61. The fraction of sp³-hybridized carbons (Fsp3) is 0.176. The van der Waals surface area contributed by atoms with Gasteiger partial charge in [0, 0.05) is 11.6 Å². The molecule has 0 fully saturated rings. The molecule has 0 amide bonds. The van der Waals surface area contributed by atoms with Gasteiger partial charge >= 0.3 is 0 Å². The number of nitrogens with zero attached hydrogens (tertiary/aromatic N) is 3. The number of guanidine groups is 1. The average molecular weight is 402 g/mol. The highest BCUT2D eigenvalue weighted by atomic mass is 79.9. The second kappa shape index (κ2) is 5.96. The topological polar surface area (TPSA) is 86.7 Å². The molecule has 1 aliphatic heterocycles. The van der Waals surface area contributed by atoms with E-state index in [9.17, 15) is 0 Å². The molecule has 0 saturated heterocycles. The van der Waals surface area contributed by atoms with Gasteiger partial charge in [0.25, 0.3) is 0 Å². The molecule has 3 aromatic rings. The standard InChI is InChI=1S/C17H16BrN5O2/c1-24-13-8-14(25-2)10(18)7-9(13)15-21-16(19)22-17-20-11-5-3-4-6-12(11)23(15)17/h3-8,15H,1-2H3,(H3,19,20,21,22). The van der Waals surface area contributed by atoms with Crippen molar-refractivity contribution in [3.63, 3.8) is 0 Å². The molecule has 25 heavy (non-hydrogen) atoms. The molecular formula is C17H16BrN5O2. The molecule has 1 atom stereocenters. The van der Waals surface area contributed by atoms with Crippen molar-refractivity contribution in [1.29, 1.82) is 0 Å². The lowest BCUT2D eigenvalue weighted by molar-refractivity contribution is 0.385. The van der Waals surface area contributed by atoms with Gasteiger partial charge in [-0.3, -0.25) is 9.88 Å². The summed E-state index contributed by atoms with van der Waals surface area (Å²) in [6, 6.07) is 11.6. The van der Waals surface area contributed by atoms with E-state index >= 15 is 0 Å². The first-order chi connectivity index (χ1) is 12.1. The Bertz CT molecular complexity index is 998. The minimum Gasteiger partial charge on any atom is -0.496 e. The third-order valence-electron chi connectivity index (χ3n) is 4.12. The summed E-state index contributed by atoms with van der Waals surface area (Å²) in [5.41, 5.74) is 8.67. The third-order valence-corrected chi connectivity index (χ3v) is 4.74. The maximum Gasteiger partial charge on any atom is 0.212 e. The van der Waals surface area contributed by atoms with Crippen LogP contribution in [0, 0.1) is 0 Å². The highest BCUT2D eigenvalue weighted by Crippen LogP contribution is 2.40. The molecule has 128 valence electrons. The molecule has 7 nitrogen and oxygen atoms in total. The van der Waals surface area contributed by atoms with Crippen LogP contribution in [-0.4, -0.2) is 29.7 Å². The Labute approximate surface area is 152 Å². The van der Waals surface area contributed by atoms with Crippen molar-refractivity contribution in [1.82, 2.24) is 9.55 Å². The highest BCUT2D eigenvalue weighted by molar-refractivity contribution is 9.10. The second-order valence-electron chi connectivity index (χ2n) is 5.54. The van der Waals surface area contributed by atoms with Crippen molar-refractivity contribution < 1.29 is 9.47 Å². The van der Waals surface area contributed by atoms with Crippen LogP contribution in [0.3, 0.4) is 0 Å². The normalized spacial score (nSPS) is 16.1. The van der Waals surface area contributed by atoms with Gasteiger partial charge in [-0.15, -0.1) is 0 Å². The molecule has 4 rings (SSSR count). The second-order valence-corrected chi connectivity index (χ2v) is 6.39. The SMILES string of the molecule is COc1cc(OC)c(C2N=C(N)Nc3nc4ccccc4n32)cc1Br. The number of nitrogens with one attached hydrogen (secondary N) is 1. The van der Waals surface area contributed by atoms with Gasteiger partial charge in [-0.2, -0.15) is 0 Å². The van der Waals surface area contributed by atoms with Crippen molar-refractivity contribution in [2.24, 2.45) is 10.7 Å². The smallest absolute Gasteiger partial charge is 0.212 e. The van der Waals surface area contributed by atoms with E-state index in [0.29, 0.717) is 23.4 Å². The molecule has 2 aromatic carbocycles. The zero-order valence-corrected chi connectivity index (χ0v) is 15.2. The maximum absolute atomic E-state index is 5.99. The summed E-state index contributed by atoms with van der Waals surface area (Å²) in [5.74, 6) is 2.30. The lowest BCUT2D eigenvalue weighted by Crippen LogP contribution is -2.31. The van der Waals surface area contributed by atoms with Crippen molar-refractivity contribution in [2.45, 2.75) is 6.17 Å². The van der Waals surface area contributed by atoms with Crippen LogP contribution in [0.1, 0.15) is 11.7 Å². The Balaban J connectivity index is 1.97. The number of aromatic nitrogens is 2. The van der Waals surface area contributed by atoms with E-state index < -0.39 is 6.17 Å². The molecule has 0 aliphatic carbocycles. The highest BCUT2D eigenvalue weighted by Gasteiger charge is 2.28. The van der Waals surface area contributed by atoms with E-state index in [1.165, 1.54) is 0 Å². The van der Waals surface area contributed by atoms with Crippen molar-refractivity contribution in [3.8, 4) is 11.5 Å². The minimum atomic E-state index is -0.402. The van der Waals surface area contributed by atoms with Crippen LogP contribution >= 0.6 is 15.9 Å². The summed E-state index contributed by atoms with van der Waals surface area (Å²) in [5, 5.41) is 3.03. The molecule has 2 heterocycles. The number of nitrogens with two attached hydrogens (primary N) is 1. The van der Waals surface area contributed by atoms with Gasteiger partial charge in [-0.25, -0.2) is 9.98 Å². The Kier molecular flexibility index (Phi) is 3.76. The zero-order chi connectivity index (χ0) is 17.6. The average Bonchev–Trinajstić information content (AvgIpc) is 2.98. The number of hydrogen-bond donors (Lipinski definition) is 2. The van der Waals surface area contributed by atoms with Crippen LogP contribution in [0.15, 0.2) is 45.9 Å². The Hall–Kier alpha value is -2.74. The predicted octanol–water partition coefficient (Wildman–Crippen LogP) is 3.10. The first-order valence-corrected chi connectivity index (χ1v) is 8.40. The van der Waals surface area contributed by atoms with E-state index in [2.05, 4.69) is 31.2 Å². The van der Waals surface area contributed by atoms with Crippen molar-refractivity contribution in [3.05, 3.63) is 46.4 Å². The number of methoxy groups -OCH3 is 2. The summed E-state index contributed by atoms with van der Waals surface area (Å²) in [4.78, 5) is 9.19. The lowest BCUT2D eigenvalue weighted by Gasteiger charge is -2.25.